The van der Waals surface area contributed by atoms with Gasteiger partial charge in [-0.15, -0.1) is 0 Å². The van der Waals surface area contributed by atoms with Crippen LogP contribution in [0.4, 0.5) is 5.13 Å². The van der Waals surface area contributed by atoms with Gasteiger partial charge in [0.05, 0.1) is 15.8 Å². The second-order valence-corrected chi connectivity index (χ2v) is 7.17. The normalized spacial score (nSPS) is 17.5. The number of likely N-dealkylation sites (tertiary alicyclic amines) is 1. The molecule has 6 heteroatoms. The number of nitrogen functional groups attached to an aromatic ring is 1. The lowest BCUT2D eigenvalue weighted by molar-refractivity contribution is 0.0789. The molecule has 1 saturated heterocycles. The van der Waals surface area contributed by atoms with Crippen LogP contribution >= 0.6 is 11.3 Å². The topological polar surface area (TPSA) is 72.1 Å². The fourth-order valence-electron chi connectivity index (χ4n) is 3.30. The maximum Gasteiger partial charge on any atom is 0.255 e. The van der Waals surface area contributed by atoms with Gasteiger partial charge < -0.3 is 10.6 Å². The van der Waals surface area contributed by atoms with Gasteiger partial charge in [-0.25, -0.2) is 4.98 Å². The number of anilines is 1. The molecule has 0 spiro atoms. The van der Waals surface area contributed by atoms with Gasteiger partial charge in [0, 0.05) is 25.0 Å². The smallest absolute Gasteiger partial charge is 0.255 e. The Hall–Kier alpha value is -2.47. The fourth-order valence-corrected chi connectivity index (χ4v) is 4.14. The summed E-state index contributed by atoms with van der Waals surface area (Å²) in [7, 11) is 0. The Morgan fingerprint density at radius 1 is 1.29 bits per heavy atom. The van der Waals surface area contributed by atoms with E-state index in [9.17, 15) is 4.79 Å². The van der Waals surface area contributed by atoms with Crippen LogP contribution in [0.25, 0.3) is 10.2 Å². The molecule has 3 heterocycles. The summed E-state index contributed by atoms with van der Waals surface area (Å²) in [5.74, 6) is 0.544. The quantitative estimate of drug-likeness (QED) is 0.797. The number of amides is 1. The molecule has 2 aromatic heterocycles. The van der Waals surface area contributed by atoms with Gasteiger partial charge in [0.1, 0.15) is 0 Å². The van der Waals surface area contributed by atoms with Crippen molar-refractivity contribution in [3.05, 3.63) is 53.9 Å². The van der Waals surface area contributed by atoms with Crippen molar-refractivity contribution in [3.8, 4) is 0 Å². The maximum absolute atomic E-state index is 12.9. The predicted octanol–water partition coefficient (Wildman–Crippen LogP) is 2.98. The SMILES string of the molecule is Nc1nc2cccc(C(=O)N3CCC(Cc4ccccn4)C3)c2s1. The molecule has 2 N–H and O–H groups in total. The third-order valence-electron chi connectivity index (χ3n) is 4.46. The zero-order chi connectivity index (χ0) is 16.5. The van der Waals surface area contributed by atoms with E-state index in [0.717, 1.165) is 41.8 Å². The van der Waals surface area contributed by atoms with Gasteiger partial charge in [0.2, 0.25) is 0 Å². The molecule has 5 nitrogen and oxygen atoms in total. The van der Waals surface area contributed by atoms with E-state index in [0.29, 0.717) is 16.6 Å². The van der Waals surface area contributed by atoms with Crippen molar-refractivity contribution in [2.75, 3.05) is 18.8 Å². The van der Waals surface area contributed by atoms with Crippen LogP contribution in [0, 0.1) is 5.92 Å². The minimum Gasteiger partial charge on any atom is -0.375 e. The summed E-state index contributed by atoms with van der Waals surface area (Å²) in [6.07, 6.45) is 3.76. The van der Waals surface area contributed by atoms with E-state index >= 15 is 0 Å². The molecule has 1 unspecified atom stereocenters. The van der Waals surface area contributed by atoms with E-state index in [1.54, 1.807) is 0 Å². The Bertz CT molecular complexity index is 877. The summed E-state index contributed by atoms with van der Waals surface area (Å²) < 4.78 is 0.883. The molecule has 122 valence electrons. The maximum atomic E-state index is 12.9. The first kappa shape index (κ1) is 15.1. The van der Waals surface area contributed by atoms with Crippen LogP contribution in [0.2, 0.25) is 0 Å². The van der Waals surface area contributed by atoms with Gasteiger partial charge in [-0.3, -0.25) is 9.78 Å². The third kappa shape index (κ3) is 2.85. The zero-order valence-electron chi connectivity index (χ0n) is 13.2. The average molecular weight is 338 g/mol. The van der Waals surface area contributed by atoms with Crippen molar-refractivity contribution in [3.63, 3.8) is 0 Å². The zero-order valence-corrected chi connectivity index (χ0v) is 14.0. The van der Waals surface area contributed by atoms with E-state index in [4.69, 9.17) is 5.73 Å². The van der Waals surface area contributed by atoms with Crippen molar-refractivity contribution >= 4 is 32.6 Å². The first-order valence-corrected chi connectivity index (χ1v) is 8.86. The highest BCUT2D eigenvalue weighted by Gasteiger charge is 2.28. The van der Waals surface area contributed by atoms with Crippen LogP contribution in [0.15, 0.2) is 42.6 Å². The van der Waals surface area contributed by atoms with Crippen LogP contribution in [0.5, 0.6) is 0 Å². The summed E-state index contributed by atoms with van der Waals surface area (Å²) >= 11 is 1.38. The molecule has 1 aliphatic rings. The average Bonchev–Trinajstić information content (AvgIpc) is 3.20. The number of hydrogen-bond acceptors (Lipinski definition) is 5. The van der Waals surface area contributed by atoms with Crippen molar-refractivity contribution in [1.29, 1.82) is 0 Å². The molecule has 1 fully saturated rings. The number of rotatable bonds is 3. The fraction of sp³-hybridized carbons (Fsp3) is 0.278. The van der Waals surface area contributed by atoms with Crippen molar-refractivity contribution in [2.45, 2.75) is 12.8 Å². The first-order valence-electron chi connectivity index (χ1n) is 8.05. The van der Waals surface area contributed by atoms with Crippen molar-refractivity contribution in [2.24, 2.45) is 5.92 Å². The summed E-state index contributed by atoms with van der Waals surface area (Å²) in [4.78, 5) is 23.5. The van der Waals surface area contributed by atoms with E-state index in [2.05, 4.69) is 9.97 Å². The molecule has 0 radical (unpaired) electrons. The molecule has 1 aromatic carbocycles. The molecule has 1 aliphatic heterocycles. The second kappa shape index (κ2) is 6.20. The number of nitrogens with zero attached hydrogens (tertiary/aromatic N) is 3. The van der Waals surface area contributed by atoms with Crippen molar-refractivity contribution in [1.82, 2.24) is 14.9 Å². The van der Waals surface area contributed by atoms with E-state index in [1.807, 2.05) is 47.5 Å². The number of carbonyl (C=O) groups excluding carboxylic acids is 1. The summed E-state index contributed by atoms with van der Waals surface area (Å²) in [6.45, 7) is 1.57. The Balaban J connectivity index is 1.51. The molecular weight excluding hydrogens is 320 g/mol. The molecule has 1 atom stereocenters. The van der Waals surface area contributed by atoms with E-state index < -0.39 is 0 Å². The number of nitrogens with two attached hydrogens (primary N) is 1. The summed E-state index contributed by atoms with van der Waals surface area (Å²) in [5.41, 5.74) is 8.40. The highest BCUT2D eigenvalue weighted by Crippen LogP contribution is 2.29. The van der Waals surface area contributed by atoms with Gasteiger partial charge in [-0.2, -0.15) is 0 Å². The number of pyridine rings is 1. The molecule has 4 rings (SSSR count). The monoisotopic (exact) mass is 338 g/mol. The third-order valence-corrected chi connectivity index (χ3v) is 5.39. The molecule has 1 amide bonds. The molecule has 3 aromatic rings. The summed E-state index contributed by atoms with van der Waals surface area (Å²) in [6, 6.07) is 11.6. The number of benzene rings is 1. The van der Waals surface area contributed by atoms with Crippen LogP contribution in [-0.4, -0.2) is 33.9 Å². The minimum atomic E-state index is 0.0766. The Labute approximate surface area is 144 Å². The second-order valence-electron chi connectivity index (χ2n) is 6.14. The van der Waals surface area contributed by atoms with E-state index in [-0.39, 0.29) is 5.91 Å². The van der Waals surface area contributed by atoms with Gasteiger partial charge in [-0.1, -0.05) is 23.5 Å². The lowest BCUT2D eigenvalue weighted by atomic mass is 10.0. The largest absolute Gasteiger partial charge is 0.375 e. The predicted molar refractivity (Wildman–Crippen MR) is 96.0 cm³/mol. The molecule has 0 aliphatic carbocycles. The van der Waals surface area contributed by atoms with Gasteiger partial charge in [0.15, 0.2) is 5.13 Å². The Kier molecular flexibility index (Phi) is 3.90. The molecule has 0 saturated carbocycles. The summed E-state index contributed by atoms with van der Waals surface area (Å²) in [5, 5.41) is 0.500. The first-order chi connectivity index (χ1) is 11.7. The van der Waals surface area contributed by atoms with Gasteiger partial charge in [-0.05, 0) is 43.0 Å². The van der Waals surface area contributed by atoms with Crippen LogP contribution < -0.4 is 5.73 Å². The highest BCUT2D eigenvalue weighted by atomic mass is 32.1. The Morgan fingerprint density at radius 3 is 3.04 bits per heavy atom. The number of carbonyl (C=O) groups is 1. The number of thiazole rings is 1. The van der Waals surface area contributed by atoms with E-state index in [1.165, 1.54) is 11.3 Å². The van der Waals surface area contributed by atoms with Crippen LogP contribution in [0.3, 0.4) is 0 Å². The lowest BCUT2D eigenvalue weighted by Gasteiger charge is -2.17. The molecule has 24 heavy (non-hydrogen) atoms. The number of fused-ring (bicyclic) bond motifs is 1. The highest BCUT2D eigenvalue weighted by molar-refractivity contribution is 7.22. The standard InChI is InChI=1S/C18H18N4OS/c19-18-21-15-6-3-5-14(16(15)24-18)17(23)22-9-7-12(11-22)10-13-4-1-2-8-20-13/h1-6,8,12H,7,9-11H2,(H2,19,21). The van der Waals surface area contributed by atoms with Crippen LogP contribution in [-0.2, 0) is 6.42 Å². The van der Waals surface area contributed by atoms with Crippen molar-refractivity contribution < 1.29 is 4.79 Å². The lowest BCUT2D eigenvalue weighted by Crippen LogP contribution is -2.29. The Morgan fingerprint density at radius 2 is 2.21 bits per heavy atom. The number of hydrogen-bond donors (Lipinski definition) is 1. The van der Waals surface area contributed by atoms with Gasteiger partial charge in [0.25, 0.3) is 5.91 Å². The number of aromatic nitrogens is 2. The molecule has 0 bridgehead atoms. The van der Waals surface area contributed by atoms with Crippen LogP contribution in [0.1, 0.15) is 22.5 Å². The molecular formula is C18H18N4OS. The minimum absolute atomic E-state index is 0.0766. The van der Waals surface area contributed by atoms with Gasteiger partial charge >= 0.3 is 0 Å².